The van der Waals surface area contributed by atoms with Crippen molar-refractivity contribution in [3.05, 3.63) is 47.4 Å². The van der Waals surface area contributed by atoms with E-state index >= 15 is 0 Å². The first-order chi connectivity index (χ1) is 11.3. The summed E-state index contributed by atoms with van der Waals surface area (Å²) in [5, 5.41) is 2.92. The molecule has 0 unspecified atom stereocenters. The van der Waals surface area contributed by atoms with Gasteiger partial charge in [0.2, 0.25) is 5.76 Å². The molecule has 0 bridgehead atoms. The maximum absolute atomic E-state index is 12.1. The average molecular weight is 316 g/mol. The SMILES string of the molecule is O=C(NCc1ccccc1CN1CCCCC1)C1=COCCO1. The van der Waals surface area contributed by atoms with E-state index in [9.17, 15) is 4.79 Å². The van der Waals surface area contributed by atoms with Gasteiger partial charge in [0.15, 0.2) is 0 Å². The van der Waals surface area contributed by atoms with E-state index in [1.165, 1.54) is 44.2 Å². The third-order valence-electron chi connectivity index (χ3n) is 4.27. The van der Waals surface area contributed by atoms with Crippen LogP contribution in [0.25, 0.3) is 0 Å². The first-order valence-electron chi connectivity index (χ1n) is 8.35. The number of nitrogens with zero attached hydrogens (tertiary/aromatic N) is 1. The number of carbonyl (C=O) groups excluding carboxylic acids is 1. The highest BCUT2D eigenvalue weighted by Crippen LogP contribution is 2.16. The van der Waals surface area contributed by atoms with Crippen LogP contribution in [0.1, 0.15) is 30.4 Å². The van der Waals surface area contributed by atoms with Crippen LogP contribution in [0.2, 0.25) is 0 Å². The lowest BCUT2D eigenvalue weighted by Gasteiger charge is -2.27. The smallest absolute Gasteiger partial charge is 0.289 e. The molecule has 2 aliphatic heterocycles. The zero-order chi connectivity index (χ0) is 15.9. The van der Waals surface area contributed by atoms with Crippen LogP contribution in [0, 0.1) is 0 Å². The third-order valence-corrected chi connectivity index (χ3v) is 4.27. The highest BCUT2D eigenvalue weighted by atomic mass is 16.6. The normalized spacial score (nSPS) is 18.5. The Morgan fingerprint density at radius 1 is 1.09 bits per heavy atom. The number of piperidine rings is 1. The summed E-state index contributed by atoms with van der Waals surface area (Å²) >= 11 is 0. The molecular weight excluding hydrogens is 292 g/mol. The zero-order valence-electron chi connectivity index (χ0n) is 13.4. The Morgan fingerprint density at radius 3 is 2.61 bits per heavy atom. The molecule has 1 N–H and O–H groups in total. The van der Waals surface area contributed by atoms with Crippen LogP contribution in [0.3, 0.4) is 0 Å². The van der Waals surface area contributed by atoms with Gasteiger partial charge >= 0.3 is 0 Å². The van der Waals surface area contributed by atoms with Gasteiger partial charge in [0.1, 0.15) is 19.5 Å². The molecule has 1 amide bonds. The molecule has 2 heterocycles. The number of benzene rings is 1. The largest absolute Gasteiger partial charge is 0.494 e. The van der Waals surface area contributed by atoms with Crippen molar-refractivity contribution in [1.29, 1.82) is 0 Å². The molecule has 3 rings (SSSR count). The Kier molecular flexibility index (Phi) is 5.53. The lowest BCUT2D eigenvalue weighted by molar-refractivity contribution is -0.122. The molecule has 0 radical (unpaired) electrons. The topological polar surface area (TPSA) is 50.8 Å². The predicted molar refractivity (Wildman–Crippen MR) is 87.4 cm³/mol. The van der Waals surface area contributed by atoms with Crippen LogP contribution >= 0.6 is 0 Å². The van der Waals surface area contributed by atoms with E-state index in [4.69, 9.17) is 9.47 Å². The van der Waals surface area contributed by atoms with E-state index < -0.39 is 0 Å². The summed E-state index contributed by atoms with van der Waals surface area (Å²) in [6, 6.07) is 8.30. The van der Waals surface area contributed by atoms with Gasteiger partial charge in [-0.3, -0.25) is 9.69 Å². The molecular formula is C18H24N2O3. The highest BCUT2D eigenvalue weighted by Gasteiger charge is 2.16. The minimum atomic E-state index is -0.225. The summed E-state index contributed by atoms with van der Waals surface area (Å²) in [7, 11) is 0. The van der Waals surface area contributed by atoms with E-state index in [1.807, 2.05) is 6.07 Å². The van der Waals surface area contributed by atoms with Crippen molar-refractivity contribution in [3.63, 3.8) is 0 Å². The van der Waals surface area contributed by atoms with Crippen molar-refractivity contribution in [1.82, 2.24) is 10.2 Å². The number of amides is 1. The molecule has 1 aromatic rings. The standard InChI is InChI=1S/C18H24N2O3/c21-18(17-14-22-10-11-23-17)19-12-15-6-2-3-7-16(15)13-20-8-4-1-5-9-20/h2-3,6-7,14H,1,4-5,8-13H2,(H,19,21). The van der Waals surface area contributed by atoms with E-state index in [2.05, 4.69) is 28.4 Å². The first-order valence-corrected chi connectivity index (χ1v) is 8.35. The van der Waals surface area contributed by atoms with Gasteiger partial charge in [-0.05, 0) is 37.1 Å². The third kappa shape index (κ3) is 4.48. The Morgan fingerprint density at radius 2 is 1.87 bits per heavy atom. The zero-order valence-corrected chi connectivity index (χ0v) is 13.4. The summed E-state index contributed by atoms with van der Waals surface area (Å²) in [6.07, 6.45) is 5.29. The number of nitrogens with one attached hydrogen (secondary N) is 1. The molecule has 1 aromatic carbocycles. The van der Waals surface area contributed by atoms with E-state index in [-0.39, 0.29) is 11.7 Å². The fourth-order valence-corrected chi connectivity index (χ4v) is 2.99. The number of ether oxygens (including phenoxy) is 2. The summed E-state index contributed by atoms with van der Waals surface area (Å²) in [6.45, 7) is 4.70. The number of hydrogen-bond acceptors (Lipinski definition) is 4. The number of rotatable bonds is 5. The molecule has 2 aliphatic rings. The van der Waals surface area contributed by atoms with E-state index in [0.29, 0.717) is 19.8 Å². The van der Waals surface area contributed by atoms with Crippen molar-refractivity contribution in [2.45, 2.75) is 32.4 Å². The van der Waals surface area contributed by atoms with Gasteiger partial charge in [0, 0.05) is 13.1 Å². The van der Waals surface area contributed by atoms with Gasteiger partial charge in [-0.15, -0.1) is 0 Å². The molecule has 0 atom stereocenters. The fourth-order valence-electron chi connectivity index (χ4n) is 2.99. The Labute approximate surface area is 137 Å². The van der Waals surface area contributed by atoms with Gasteiger partial charge in [0.05, 0.1) is 0 Å². The Hall–Kier alpha value is -2.01. The molecule has 5 nitrogen and oxygen atoms in total. The maximum atomic E-state index is 12.1. The monoisotopic (exact) mass is 316 g/mol. The fraction of sp³-hybridized carbons (Fsp3) is 0.500. The highest BCUT2D eigenvalue weighted by molar-refractivity contribution is 5.91. The van der Waals surface area contributed by atoms with Crippen LogP contribution in [0.4, 0.5) is 0 Å². The molecule has 0 aliphatic carbocycles. The number of hydrogen-bond donors (Lipinski definition) is 1. The average Bonchev–Trinajstić information content (AvgIpc) is 2.62. The molecule has 1 saturated heterocycles. The van der Waals surface area contributed by atoms with Crippen LogP contribution < -0.4 is 5.32 Å². The van der Waals surface area contributed by atoms with Crippen LogP contribution in [-0.4, -0.2) is 37.1 Å². The summed E-state index contributed by atoms with van der Waals surface area (Å²) < 4.78 is 10.4. The minimum absolute atomic E-state index is 0.225. The van der Waals surface area contributed by atoms with Crippen molar-refractivity contribution in [2.24, 2.45) is 0 Å². The van der Waals surface area contributed by atoms with Gasteiger partial charge in [-0.1, -0.05) is 30.7 Å². The van der Waals surface area contributed by atoms with Crippen LogP contribution in [0.15, 0.2) is 36.3 Å². The van der Waals surface area contributed by atoms with E-state index in [0.717, 1.165) is 12.1 Å². The molecule has 0 spiro atoms. The maximum Gasteiger partial charge on any atom is 0.289 e. The predicted octanol–water partition coefficient (Wildman–Crippen LogP) is 2.18. The first kappa shape index (κ1) is 15.9. The lowest BCUT2D eigenvalue weighted by Crippen LogP contribution is -2.31. The minimum Gasteiger partial charge on any atom is -0.494 e. The molecule has 5 heteroatoms. The Bertz CT molecular complexity index is 565. The van der Waals surface area contributed by atoms with Gasteiger partial charge in [-0.2, -0.15) is 0 Å². The second-order valence-corrected chi connectivity index (χ2v) is 5.99. The molecule has 23 heavy (non-hydrogen) atoms. The van der Waals surface area contributed by atoms with Crippen molar-refractivity contribution < 1.29 is 14.3 Å². The van der Waals surface area contributed by atoms with Gasteiger partial charge in [-0.25, -0.2) is 0 Å². The molecule has 1 fully saturated rings. The Balaban J connectivity index is 1.58. The molecule has 0 aromatic heterocycles. The van der Waals surface area contributed by atoms with Crippen LogP contribution in [0.5, 0.6) is 0 Å². The summed E-state index contributed by atoms with van der Waals surface area (Å²) in [5.41, 5.74) is 2.44. The molecule has 0 saturated carbocycles. The second-order valence-electron chi connectivity index (χ2n) is 5.99. The lowest BCUT2D eigenvalue weighted by atomic mass is 10.0. The second kappa shape index (κ2) is 8.02. The van der Waals surface area contributed by atoms with Gasteiger partial charge < -0.3 is 14.8 Å². The number of carbonyl (C=O) groups is 1. The quantitative estimate of drug-likeness (QED) is 0.904. The summed E-state index contributed by atoms with van der Waals surface area (Å²) in [4.78, 5) is 14.6. The number of likely N-dealkylation sites (tertiary alicyclic amines) is 1. The summed E-state index contributed by atoms with van der Waals surface area (Å²) in [5.74, 6) is 0.0298. The van der Waals surface area contributed by atoms with Crippen LogP contribution in [-0.2, 0) is 27.4 Å². The van der Waals surface area contributed by atoms with Crippen molar-refractivity contribution >= 4 is 5.91 Å². The van der Waals surface area contributed by atoms with Crippen molar-refractivity contribution in [2.75, 3.05) is 26.3 Å². The molecule has 124 valence electrons. The van der Waals surface area contributed by atoms with E-state index in [1.54, 1.807) is 0 Å². The van der Waals surface area contributed by atoms with Gasteiger partial charge in [0.25, 0.3) is 5.91 Å². The van der Waals surface area contributed by atoms with Crippen molar-refractivity contribution in [3.8, 4) is 0 Å².